The average molecular weight is 426 g/mol. The summed E-state index contributed by atoms with van der Waals surface area (Å²) in [5, 5.41) is 11.3. The van der Waals surface area contributed by atoms with Gasteiger partial charge in [0.25, 0.3) is 5.91 Å². The first-order chi connectivity index (χ1) is 13.8. The van der Waals surface area contributed by atoms with Gasteiger partial charge in [0, 0.05) is 16.8 Å². The summed E-state index contributed by atoms with van der Waals surface area (Å²) in [4.78, 5) is 25.9. The highest BCUT2D eigenvalue weighted by atomic mass is 35.5. The number of hydrogen-bond acceptors (Lipinski definition) is 7. The van der Waals surface area contributed by atoms with Crippen LogP contribution in [0.2, 0.25) is 5.02 Å². The van der Waals surface area contributed by atoms with Gasteiger partial charge in [0.2, 0.25) is 5.95 Å². The molecule has 3 heterocycles. The molecule has 1 aliphatic carbocycles. The molecule has 4 N–H and O–H groups in total. The summed E-state index contributed by atoms with van der Waals surface area (Å²) in [6, 6.07) is 5.42. The Kier molecular flexibility index (Phi) is 3.87. The van der Waals surface area contributed by atoms with Crippen molar-refractivity contribution in [2.45, 2.75) is 25.7 Å². The predicted octanol–water partition coefficient (Wildman–Crippen LogP) is 3.80. The number of nitrogens with two attached hydrogens (primary N) is 1. The Bertz CT molecular complexity index is 1290. The molecule has 0 fully saturated rings. The van der Waals surface area contributed by atoms with Crippen LogP contribution < -0.4 is 11.1 Å². The molecule has 1 amide bonds. The molecule has 0 aliphatic heterocycles. The summed E-state index contributed by atoms with van der Waals surface area (Å²) >= 11 is 7.40. The quantitative estimate of drug-likeness (QED) is 0.449. The van der Waals surface area contributed by atoms with Crippen molar-refractivity contribution in [3.8, 4) is 11.4 Å². The number of anilines is 2. The van der Waals surface area contributed by atoms with Crippen LogP contribution in [0.4, 0.5) is 11.1 Å². The number of nitrogens with one attached hydrogen (secondary N) is 2. The molecule has 1 aromatic carbocycles. The van der Waals surface area contributed by atoms with E-state index in [4.69, 9.17) is 17.3 Å². The van der Waals surface area contributed by atoms with E-state index in [9.17, 15) is 4.79 Å². The van der Waals surface area contributed by atoms with Crippen LogP contribution >= 0.6 is 22.9 Å². The minimum Gasteiger partial charge on any atom is -0.368 e. The summed E-state index contributed by atoms with van der Waals surface area (Å²) < 4.78 is 0.901. The van der Waals surface area contributed by atoms with Crippen molar-refractivity contribution in [1.82, 2.24) is 25.1 Å². The molecule has 3 aromatic heterocycles. The topological polar surface area (TPSA) is 122 Å². The van der Waals surface area contributed by atoms with Gasteiger partial charge in [0.1, 0.15) is 0 Å². The number of aromatic amines is 1. The normalized spacial score (nSPS) is 14.4. The fourth-order valence-electron chi connectivity index (χ4n) is 3.78. The Morgan fingerprint density at radius 2 is 2.17 bits per heavy atom. The number of carbonyl (C=O) groups is 1. The molecule has 8 nitrogen and oxygen atoms in total. The third kappa shape index (κ3) is 2.93. The van der Waals surface area contributed by atoms with Crippen molar-refractivity contribution >= 4 is 50.1 Å². The number of hydrogen-bond donors (Lipinski definition) is 3. The number of halogens is 1. The zero-order valence-electron chi connectivity index (χ0n) is 15.6. The third-order valence-electron chi connectivity index (χ3n) is 4.98. The number of aromatic nitrogens is 5. The summed E-state index contributed by atoms with van der Waals surface area (Å²) in [5.74, 6) is -0.144. The molecule has 146 valence electrons. The Hall–Kier alpha value is -3.04. The van der Waals surface area contributed by atoms with Crippen LogP contribution in [0.15, 0.2) is 24.4 Å². The van der Waals surface area contributed by atoms with Gasteiger partial charge >= 0.3 is 0 Å². The summed E-state index contributed by atoms with van der Waals surface area (Å²) in [7, 11) is 0. The maximum absolute atomic E-state index is 13.0. The minimum absolute atomic E-state index is 0.183. The molecule has 0 bridgehead atoms. The summed E-state index contributed by atoms with van der Waals surface area (Å²) in [6.45, 7) is 4.13. The number of benzene rings is 1. The lowest BCUT2D eigenvalue weighted by atomic mass is 9.73. The molecule has 4 aromatic rings. The van der Waals surface area contributed by atoms with Gasteiger partial charge in [0.15, 0.2) is 10.8 Å². The monoisotopic (exact) mass is 425 g/mol. The van der Waals surface area contributed by atoms with Crippen molar-refractivity contribution < 1.29 is 4.79 Å². The lowest BCUT2D eigenvalue weighted by Crippen LogP contribution is -2.29. The van der Waals surface area contributed by atoms with Gasteiger partial charge < -0.3 is 5.73 Å². The van der Waals surface area contributed by atoms with E-state index in [0.717, 1.165) is 21.3 Å². The van der Waals surface area contributed by atoms with Crippen molar-refractivity contribution in [1.29, 1.82) is 0 Å². The Balaban J connectivity index is 1.54. The second-order valence-corrected chi connectivity index (χ2v) is 9.04. The van der Waals surface area contributed by atoms with Crippen molar-refractivity contribution in [2.75, 3.05) is 11.1 Å². The van der Waals surface area contributed by atoms with Gasteiger partial charge in [-0.2, -0.15) is 5.10 Å². The van der Waals surface area contributed by atoms with E-state index in [1.807, 2.05) is 12.1 Å². The van der Waals surface area contributed by atoms with E-state index in [-0.39, 0.29) is 17.3 Å². The number of fused-ring (bicyclic) bond motifs is 4. The van der Waals surface area contributed by atoms with E-state index in [1.165, 1.54) is 11.3 Å². The molecule has 0 unspecified atom stereocenters. The second-order valence-electron chi connectivity index (χ2n) is 7.57. The number of carbonyl (C=O) groups excluding carboxylic acids is 1. The van der Waals surface area contributed by atoms with E-state index in [2.05, 4.69) is 44.3 Å². The van der Waals surface area contributed by atoms with Crippen LogP contribution in [0.1, 0.15) is 35.5 Å². The zero-order valence-corrected chi connectivity index (χ0v) is 17.1. The highest BCUT2D eigenvalue weighted by Gasteiger charge is 2.38. The zero-order chi connectivity index (χ0) is 20.3. The van der Waals surface area contributed by atoms with Gasteiger partial charge in [-0.3, -0.25) is 15.2 Å². The molecule has 10 heteroatoms. The first kappa shape index (κ1) is 18.0. The maximum atomic E-state index is 13.0. The van der Waals surface area contributed by atoms with E-state index in [0.29, 0.717) is 33.7 Å². The number of nitrogen functional groups attached to an aromatic ring is 1. The molecule has 29 heavy (non-hydrogen) atoms. The Labute approximate surface area is 174 Å². The highest BCUT2D eigenvalue weighted by Crippen LogP contribution is 2.43. The van der Waals surface area contributed by atoms with Crippen molar-refractivity contribution in [3.05, 3.63) is 46.2 Å². The first-order valence-electron chi connectivity index (χ1n) is 8.90. The summed E-state index contributed by atoms with van der Waals surface area (Å²) in [5.41, 5.74) is 9.71. The van der Waals surface area contributed by atoms with Gasteiger partial charge in [0.05, 0.1) is 21.6 Å². The molecule has 5 rings (SSSR count). The van der Waals surface area contributed by atoms with Crippen LogP contribution in [0.3, 0.4) is 0 Å². The van der Waals surface area contributed by atoms with Crippen LogP contribution in [0, 0.1) is 0 Å². The van der Waals surface area contributed by atoms with Gasteiger partial charge in [-0.25, -0.2) is 15.0 Å². The molecule has 0 saturated carbocycles. The van der Waals surface area contributed by atoms with E-state index >= 15 is 0 Å². The highest BCUT2D eigenvalue weighted by molar-refractivity contribution is 7.22. The fraction of sp³-hybridized carbons (Fsp3) is 0.211. The van der Waals surface area contributed by atoms with Gasteiger partial charge in [-0.05, 0) is 35.6 Å². The minimum atomic E-state index is -0.331. The van der Waals surface area contributed by atoms with Crippen LogP contribution in [-0.4, -0.2) is 31.1 Å². The van der Waals surface area contributed by atoms with Crippen LogP contribution in [0.5, 0.6) is 0 Å². The molecular formula is C19H16ClN7OS. The number of thiazole rings is 1. The SMILES string of the molecule is CC1(C)Cc2cnc(N)nc2-c2[nH]nc(C(=O)Nc3nc4ccc(Cl)cc4s3)c21. The molecule has 0 saturated heterocycles. The third-order valence-corrected chi connectivity index (χ3v) is 6.15. The maximum Gasteiger partial charge on any atom is 0.278 e. The smallest absolute Gasteiger partial charge is 0.278 e. The lowest BCUT2D eigenvalue weighted by Gasteiger charge is -2.31. The van der Waals surface area contributed by atoms with Gasteiger partial charge in [-0.1, -0.05) is 36.8 Å². The molecule has 0 spiro atoms. The first-order valence-corrected chi connectivity index (χ1v) is 10.1. The lowest BCUT2D eigenvalue weighted by molar-refractivity contribution is 0.102. The Morgan fingerprint density at radius 3 is 3.00 bits per heavy atom. The second kappa shape index (κ2) is 6.23. The number of rotatable bonds is 2. The molecular weight excluding hydrogens is 410 g/mol. The van der Waals surface area contributed by atoms with E-state index < -0.39 is 0 Å². The number of H-pyrrole nitrogens is 1. The molecule has 0 atom stereocenters. The standard InChI is InChI=1S/C19H16ClN7OS/c1-19(2)6-8-7-22-17(21)24-13(8)14-12(19)15(27-26-14)16(28)25-18-23-10-4-3-9(20)5-11(10)29-18/h3-5,7H,6H2,1-2H3,(H,26,27)(H2,21,22,24)(H,23,25,28). The van der Waals surface area contributed by atoms with Crippen LogP contribution in [-0.2, 0) is 11.8 Å². The molecule has 1 aliphatic rings. The molecule has 0 radical (unpaired) electrons. The Morgan fingerprint density at radius 1 is 1.34 bits per heavy atom. The largest absolute Gasteiger partial charge is 0.368 e. The summed E-state index contributed by atoms with van der Waals surface area (Å²) in [6.07, 6.45) is 2.41. The van der Waals surface area contributed by atoms with Crippen molar-refractivity contribution in [2.24, 2.45) is 0 Å². The van der Waals surface area contributed by atoms with E-state index in [1.54, 1.807) is 12.3 Å². The van der Waals surface area contributed by atoms with Gasteiger partial charge in [-0.15, -0.1) is 0 Å². The predicted molar refractivity (Wildman–Crippen MR) is 113 cm³/mol. The average Bonchev–Trinajstić information content (AvgIpc) is 3.26. The number of nitrogens with zero attached hydrogens (tertiary/aromatic N) is 4. The fourth-order valence-corrected chi connectivity index (χ4v) is 4.91. The van der Waals surface area contributed by atoms with Crippen molar-refractivity contribution in [3.63, 3.8) is 0 Å². The number of amides is 1. The van der Waals surface area contributed by atoms with Crippen LogP contribution in [0.25, 0.3) is 21.6 Å².